The van der Waals surface area contributed by atoms with Crippen molar-refractivity contribution < 1.29 is 8.42 Å². The molecule has 17 heavy (non-hydrogen) atoms. The fourth-order valence-corrected chi connectivity index (χ4v) is 2.99. The molecule has 1 aliphatic heterocycles. The number of hydrogen-bond donors (Lipinski definition) is 2. The van der Waals surface area contributed by atoms with Gasteiger partial charge in [-0.05, 0) is 37.1 Å². The molecule has 0 saturated carbocycles. The summed E-state index contributed by atoms with van der Waals surface area (Å²) in [6.45, 7) is 5.81. The van der Waals surface area contributed by atoms with E-state index in [4.69, 9.17) is 0 Å². The third-order valence-electron chi connectivity index (χ3n) is 2.73. The Morgan fingerprint density at radius 2 is 2.35 bits per heavy atom. The number of fused-ring (bicyclic) bond motifs is 1. The van der Waals surface area contributed by atoms with Gasteiger partial charge in [-0.1, -0.05) is 6.08 Å². The van der Waals surface area contributed by atoms with Crippen molar-refractivity contribution in [1.29, 1.82) is 0 Å². The molecule has 0 fully saturated rings. The molecule has 0 saturated heterocycles. The van der Waals surface area contributed by atoms with Gasteiger partial charge in [-0.15, -0.1) is 6.58 Å². The third-order valence-corrected chi connectivity index (χ3v) is 4.15. The van der Waals surface area contributed by atoms with Crippen molar-refractivity contribution in [3.8, 4) is 0 Å². The summed E-state index contributed by atoms with van der Waals surface area (Å²) in [6, 6.07) is 5.54. The predicted octanol–water partition coefficient (Wildman–Crippen LogP) is 1.51. The topological polar surface area (TPSA) is 58.2 Å². The number of sulfonamides is 1. The first kappa shape index (κ1) is 12.1. The molecule has 0 aliphatic carbocycles. The third kappa shape index (κ3) is 2.50. The summed E-state index contributed by atoms with van der Waals surface area (Å²) in [5.74, 6) is 0. The average Bonchev–Trinajstić information content (AvgIpc) is 2.65. The molecule has 1 heterocycles. The molecule has 4 nitrogen and oxygen atoms in total. The van der Waals surface area contributed by atoms with Gasteiger partial charge in [0, 0.05) is 18.3 Å². The van der Waals surface area contributed by atoms with Gasteiger partial charge in [-0.25, -0.2) is 13.1 Å². The molecule has 0 aromatic heterocycles. The molecule has 1 atom stereocenters. The van der Waals surface area contributed by atoms with E-state index >= 15 is 0 Å². The lowest BCUT2D eigenvalue weighted by atomic mass is 10.1. The molecular weight excluding hydrogens is 236 g/mol. The van der Waals surface area contributed by atoms with E-state index in [1.54, 1.807) is 12.1 Å². The molecule has 0 radical (unpaired) electrons. The minimum atomic E-state index is -3.41. The van der Waals surface area contributed by atoms with Gasteiger partial charge in [0.25, 0.3) is 0 Å². The van der Waals surface area contributed by atoms with Crippen molar-refractivity contribution in [2.45, 2.75) is 24.3 Å². The molecule has 92 valence electrons. The fourth-order valence-electron chi connectivity index (χ4n) is 1.95. The second kappa shape index (κ2) is 4.50. The molecule has 1 aromatic rings. The normalized spacial score (nSPS) is 18.5. The van der Waals surface area contributed by atoms with E-state index in [0.29, 0.717) is 10.9 Å². The highest BCUT2D eigenvalue weighted by atomic mass is 32.2. The molecule has 5 heteroatoms. The summed E-state index contributed by atoms with van der Waals surface area (Å²) in [5, 5.41) is 3.29. The highest BCUT2D eigenvalue weighted by molar-refractivity contribution is 7.89. The summed E-state index contributed by atoms with van der Waals surface area (Å²) in [5.41, 5.74) is 2.08. The van der Waals surface area contributed by atoms with Gasteiger partial charge in [-0.2, -0.15) is 0 Å². The lowest BCUT2D eigenvalue weighted by Crippen LogP contribution is -2.23. The number of anilines is 1. The van der Waals surface area contributed by atoms with Crippen LogP contribution in [-0.4, -0.2) is 21.0 Å². The largest absolute Gasteiger partial charge is 0.382 e. The molecule has 0 spiro atoms. The van der Waals surface area contributed by atoms with Crippen molar-refractivity contribution in [1.82, 2.24) is 4.72 Å². The van der Waals surface area contributed by atoms with Crippen molar-refractivity contribution in [3.05, 3.63) is 36.4 Å². The zero-order valence-electron chi connectivity index (χ0n) is 9.73. The van der Waals surface area contributed by atoms with Crippen LogP contribution in [0.1, 0.15) is 12.5 Å². The van der Waals surface area contributed by atoms with Gasteiger partial charge in [0.1, 0.15) is 0 Å². The fraction of sp³-hybridized carbons (Fsp3) is 0.333. The predicted molar refractivity (Wildman–Crippen MR) is 68.6 cm³/mol. The Morgan fingerprint density at radius 1 is 1.59 bits per heavy atom. The van der Waals surface area contributed by atoms with Gasteiger partial charge in [0.05, 0.1) is 4.90 Å². The molecule has 1 unspecified atom stereocenters. The van der Waals surface area contributed by atoms with Gasteiger partial charge in [0.2, 0.25) is 10.0 Å². The summed E-state index contributed by atoms with van der Waals surface area (Å²) >= 11 is 0. The quantitative estimate of drug-likeness (QED) is 0.799. The van der Waals surface area contributed by atoms with Crippen molar-refractivity contribution in [3.63, 3.8) is 0 Å². The standard InChI is InChI=1S/C12H16N2O2S/c1-3-6-13-17(15,16)11-4-5-12-10(8-11)7-9(2)14-12/h3-5,8-9,13-14H,1,6-7H2,2H3. The smallest absolute Gasteiger partial charge is 0.240 e. The van der Waals surface area contributed by atoms with Crippen LogP contribution in [0.5, 0.6) is 0 Å². The summed E-state index contributed by atoms with van der Waals surface area (Å²) in [4.78, 5) is 0.314. The number of hydrogen-bond acceptors (Lipinski definition) is 3. The van der Waals surface area contributed by atoms with Crippen LogP contribution in [0, 0.1) is 0 Å². The van der Waals surface area contributed by atoms with Crippen molar-refractivity contribution in [2.24, 2.45) is 0 Å². The Balaban J connectivity index is 2.30. The lowest BCUT2D eigenvalue weighted by molar-refractivity contribution is 0.585. The van der Waals surface area contributed by atoms with E-state index in [0.717, 1.165) is 17.7 Å². The Labute approximate surface area is 102 Å². The molecule has 1 aliphatic rings. The maximum absolute atomic E-state index is 11.9. The van der Waals surface area contributed by atoms with E-state index in [1.807, 2.05) is 6.07 Å². The molecule has 2 rings (SSSR count). The van der Waals surface area contributed by atoms with Crippen LogP contribution in [-0.2, 0) is 16.4 Å². The van der Waals surface area contributed by atoms with Crippen molar-refractivity contribution >= 4 is 15.7 Å². The Bertz CT molecular complexity index is 537. The second-order valence-corrected chi connectivity index (χ2v) is 5.98. The van der Waals surface area contributed by atoms with Crippen LogP contribution in [0.2, 0.25) is 0 Å². The van der Waals surface area contributed by atoms with Gasteiger partial charge < -0.3 is 5.32 Å². The van der Waals surface area contributed by atoms with Crippen LogP contribution in [0.25, 0.3) is 0 Å². The van der Waals surface area contributed by atoms with E-state index in [9.17, 15) is 8.42 Å². The van der Waals surface area contributed by atoms with Crippen molar-refractivity contribution in [2.75, 3.05) is 11.9 Å². The summed E-state index contributed by atoms with van der Waals surface area (Å²) in [7, 11) is -3.41. The lowest BCUT2D eigenvalue weighted by Gasteiger charge is -2.06. The molecule has 2 N–H and O–H groups in total. The highest BCUT2D eigenvalue weighted by Gasteiger charge is 2.20. The Morgan fingerprint density at radius 3 is 3.06 bits per heavy atom. The zero-order valence-corrected chi connectivity index (χ0v) is 10.5. The van der Waals surface area contributed by atoms with E-state index in [1.165, 1.54) is 6.08 Å². The number of benzene rings is 1. The zero-order chi connectivity index (χ0) is 12.5. The minimum absolute atomic E-state index is 0.244. The van der Waals surface area contributed by atoms with Crippen LogP contribution >= 0.6 is 0 Å². The van der Waals surface area contributed by atoms with Crippen LogP contribution in [0.15, 0.2) is 35.7 Å². The molecular formula is C12H16N2O2S. The Kier molecular flexibility index (Phi) is 3.22. The van der Waals surface area contributed by atoms with Gasteiger partial charge >= 0.3 is 0 Å². The minimum Gasteiger partial charge on any atom is -0.382 e. The number of rotatable bonds is 4. The van der Waals surface area contributed by atoms with Crippen LogP contribution in [0.4, 0.5) is 5.69 Å². The van der Waals surface area contributed by atoms with Crippen LogP contribution in [0.3, 0.4) is 0 Å². The first-order valence-corrected chi connectivity index (χ1v) is 7.01. The van der Waals surface area contributed by atoms with Crippen LogP contribution < -0.4 is 10.0 Å². The first-order valence-electron chi connectivity index (χ1n) is 5.53. The maximum Gasteiger partial charge on any atom is 0.240 e. The molecule has 0 amide bonds. The van der Waals surface area contributed by atoms with Gasteiger partial charge in [0.15, 0.2) is 0 Å². The van der Waals surface area contributed by atoms with E-state index < -0.39 is 10.0 Å². The highest BCUT2D eigenvalue weighted by Crippen LogP contribution is 2.27. The maximum atomic E-state index is 11.9. The van der Waals surface area contributed by atoms with Gasteiger partial charge in [-0.3, -0.25) is 0 Å². The Hall–Kier alpha value is -1.33. The molecule has 1 aromatic carbocycles. The average molecular weight is 252 g/mol. The summed E-state index contributed by atoms with van der Waals surface area (Å²) < 4.78 is 26.2. The van der Waals surface area contributed by atoms with E-state index in [2.05, 4.69) is 23.5 Å². The second-order valence-electron chi connectivity index (χ2n) is 4.21. The monoisotopic (exact) mass is 252 g/mol. The SMILES string of the molecule is C=CCNS(=O)(=O)c1ccc2c(c1)CC(C)N2. The number of nitrogens with one attached hydrogen (secondary N) is 2. The summed E-state index contributed by atoms with van der Waals surface area (Å²) in [6.07, 6.45) is 2.38. The molecule has 0 bridgehead atoms. The first-order chi connectivity index (χ1) is 8.03. The van der Waals surface area contributed by atoms with E-state index in [-0.39, 0.29) is 6.54 Å².